The topological polar surface area (TPSA) is 145 Å². The molecule has 0 saturated carbocycles. The van der Waals surface area contributed by atoms with Crippen molar-refractivity contribution in [1.82, 2.24) is 19.9 Å². The summed E-state index contributed by atoms with van der Waals surface area (Å²) in [6.07, 6.45) is -0.670. The van der Waals surface area contributed by atoms with E-state index in [4.69, 9.17) is 11.5 Å². The molecule has 0 aliphatic carbocycles. The lowest BCUT2D eigenvalue weighted by molar-refractivity contribution is -0.106. The van der Waals surface area contributed by atoms with Crippen LogP contribution >= 0.6 is 11.8 Å². The third-order valence-corrected chi connectivity index (χ3v) is 8.30. The van der Waals surface area contributed by atoms with Gasteiger partial charge in [0.15, 0.2) is 11.7 Å². The Kier molecular flexibility index (Phi) is 15.9. The van der Waals surface area contributed by atoms with E-state index in [1.165, 1.54) is 57.1 Å². The normalized spacial score (nSPS) is 12.6. The molecule has 2 aromatic carbocycles. The number of amidine groups is 2. The van der Waals surface area contributed by atoms with E-state index in [2.05, 4.69) is 29.9 Å². The molecule has 4 N–H and O–H groups in total. The van der Waals surface area contributed by atoms with Crippen molar-refractivity contribution in [2.45, 2.75) is 50.8 Å². The van der Waals surface area contributed by atoms with Crippen LogP contribution in [0.3, 0.4) is 0 Å². The largest absolute Gasteiger partial charge is 0.400 e. The molecule has 0 saturated heterocycles. The lowest BCUT2D eigenvalue weighted by Crippen LogP contribution is -2.19. The number of aliphatic imine (C=N–C) groups is 2. The number of thioether (sulfide) groups is 1. The van der Waals surface area contributed by atoms with Gasteiger partial charge >= 0.3 is 12.4 Å². The van der Waals surface area contributed by atoms with Crippen LogP contribution in [0.2, 0.25) is 0 Å². The number of aromatic nitrogens is 4. The maximum absolute atomic E-state index is 14.0. The molecule has 0 aliphatic heterocycles. The van der Waals surface area contributed by atoms with Gasteiger partial charge in [-0.05, 0) is 49.2 Å². The minimum atomic E-state index is -4.60. The highest BCUT2D eigenvalue weighted by Crippen LogP contribution is 2.33. The third-order valence-electron chi connectivity index (χ3n) is 5.55. The van der Waals surface area contributed by atoms with E-state index < -0.39 is 46.3 Å². The zero-order valence-electron chi connectivity index (χ0n) is 24.3. The van der Waals surface area contributed by atoms with Gasteiger partial charge in [-0.3, -0.25) is 14.2 Å². The van der Waals surface area contributed by atoms with Crippen LogP contribution in [0.5, 0.6) is 0 Å². The van der Waals surface area contributed by atoms with Crippen molar-refractivity contribution in [3.8, 4) is 0 Å². The van der Waals surface area contributed by atoms with Gasteiger partial charge in [-0.15, -0.1) is 11.8 Å². The summed E-state index contributed by atoms with van der Waals surface area (Å²) in [6, 6.07) is 4.33. The van der Waals surface area contributed by atoms with E-state index in [1.807, 2.05) is 0 Å². The Morgan fingerprint density at radius 2 is 1.22 bits per heavy atom. The summed E-state index contributed by atoms with van der Waals surface area (Å²) in [4.78, 5) is 23.2. The van der Waals surface area contributed by atoms with Crippen LogP contribution < -0.4 is 11.5 Å². The Labute approximate surface area is 283 Å². The highest BCUT2D eigenvalue weighted by molar-refractivity contribution is 7.99. The van der Waals surface area contributed by atoms with Crippen LogP contribution in [-0.2, 0) is 10.8 Å². The summed E-state index contributed by atoms with van der Waals surface area (Å²) in [5, 5.41) is 0. The van der Waals surface area contributed by atoms with Crippen molar-refractivity contribution in [2.75, 3.05) is 11.5 Å². The molecule has 0 spiro atoms. The first kappa shape index (κ1) is 42.5. The Bertz CT molecular complexity index is 1770. The maximum atomic E-state index is 14.0. The lowest BCUT2D eigenvalue weighted by Gasteiger charge is -2.10. The molecule has 49 heavy (non-hydrogen) atoms. The fourth-order valence-corrected chi connectivity index (χ4v) is 5.39. The van der Waals surface area contributed by atoms with Gasteiger partial charge < -0.3 is 11.5 Å². The number of hydrogen-bond acceptors (Lipinski definition) is 8. The van der Waals surface area contributed by atoms with Gasteiger partial charge in [-0.25, -0.2) is 28.7 Å². The monoisotopic (exact) mass is 736 g/mol. The van der Waals surface area contributed by atoms with Gasteiger partial charge in [0.25, 0.3) is 0 Å². The van der Waals surface area contributed by atoms with Crippen LogP contribution in [0, 0.1) is 25.5 Å². The van der Waals surface area contributed by atoms with E-state index in [0.29, 0.717) is 17.3 Å². The second-order valence-electron chi connectivity index (χ2n) is 9.32. The minimum absolute atomic E-state index is 0. The van der Waals surface area contributed by atoms with Gasteiger partial charge in [0, 0.05) is 34.6 Å². The van der Waals surface area contributed by atoms with Crippen molar-refractivity contribution in [1.29, 1.82) is 0 Å². The molecule has 0 radical (unpaired) electrons. The molecule has 1 atom stereocenters. The molecule has 4 aromatic rings. The van der Waals surface area contributed by atoms with Crippen molar-refractivity contribution in [3.05, 3.63) is 95.6 Å². The maximum Gasteiger partial charge on any atom is 0.400 e. The molecule has 0 bridgehead atoms. The van der Waals surface area contributed by atoms with Gasteiger partial charge in [-0.2, -0.15) is 26.3 Å². The number of nitrogens with two attached hydrogens (primary N) is 2. The van der Waals surface area contributed by atoms with Gasteiger partial charge in [0.05, 0.1) is 28.9 Å². The molecule has 266 valence electrons. The first-order chi connectivity index (χ1) is 21.9. The third kappa shape index (κ3) is 13.5. The Morgan fingerprint density at radius 3 is 1.65 bits per heavy atom. The van der Waals surface area contributed by atoms with Gasteiger partial charge in [-0.1, -0.05) is 14.9 Å². The van der Waals surface area contributed by atoms with Crippen molar-refractivity contribution in [2.24, 2.45) is 21.5 Å². The quantitative estimate of drug-likeness (QED) is 0.0818. The molecular formula is C30H32F8N8OS2. The molecule has 2 heterocycles. The van der Waals surface area contributed by atoms with E-state index in [1.54, 1.807) is 0 Å². The number of benzene rings is 2. The summed E-state index contributed by atoms with van der Waals surface area (Å²) in [5.74, 6) is -4.31. The first-order valence-electron chi connectivity index (χ1n) is 12.9. The summed E-state index contributed by atoms with van der Waals surface area (Å²) < 4.78 is 114. The molecule has 0 aliphatic rings. The van der Waals surface area contributed by atoms with E-state index in [0.717, 1.165) is 18.2 Å². The summed E-state index contributed by atoms with van der Waals surface area (Å²) in [5.41, 5.74) is 11.9. The Morgan fingerprint density at radius 1 is 0.755 bits per heavy atom. The van der Waals surface area contributed by atoms with Crippen LogP contribution in [-0.4, -0.2) is 59.7 Å². The van der Waals surface area contributed by atoms with E-state index >= 15 is 0 Å². The fourth-order valence-electron chi connectivity index (χ4n) is 3.48. The fraction of sp³-hybridized carbons (Fsp3) is 0.267. The summed E-state index contributed by atoms with van der Waals surface area (Å²) >= 11 is 0.570. The van der Waals surface area contributed by atoms with Crippen molar-refractivity contribution < 1.29 is 39.3 Å². The number of rotatable bonds is 8. The van der Waals surface area contributed by atoms with Crippen LogP contribution in [0.25, 0.3) is 0 Å². The number of nitrogens with zero attached hydrogens (tertiary/aromatic N) is 6. The lowest BCUT2D eigenvalue weighted by atomic mass is 10.2. The Hall–Kier alpha value is -4.52. The standard InChI is InChI=1S/C14H12F4N4OS.C14H12F4N4S.2CH4/c1-8-4-9(15)10(5-12(8)24(23)7-14(16,17)18)22-13(19)11-6-20-2-3-21-11;1-8-4-9(15)10(5-12(8)23-7-14(16,17)18)22-13(19)11-6-20-2-3-21-11;;/h2-6H,7H2,1H3,(H2,19,22);2-6H,7H2,1H3,(H2,19,22);2*1H4. The second kappa shape index (κ2) is 18.3. The predicted molar refractivity (Wildman–Crippen MR) is 175 cm³/mol. The molecule has 19 heteroatoms. The smallest absolute Gasteiger partial charge is 0.382 e. The van der Waals surface area contributed by atoms with Gasteiger partial charge in [0.2, 0.25) is 0 Å². The number of alkyl halides is 6. The first-order valence-corrected chi connectivity index (χ1v) is 15.2. The predicted octanol–water partition coefficient (Wildman–Crippen LogP) is 7.52. The van der Waals surface area contributed by atoms with Crippen LogP contribution in [0.15, 0.2) is 81.2 Å². The highest BCUT2D eigenvalue weighted by atomic mass is 32.2. The molecule has 1 unspecified atom stereocenters. The SMILES string of the molecule is C.C.Cc1cc(F)c(N=C(N)c2cnccn2)cc1S(=O)CC(F)(F)F.Cc1cc(F)c(N=C(N)c2cnccn2)cc1SCC(F)(F)F. The number of hydrogen-bond donors (Lipinski definition) is 2. The minimum Gasteiger partial charge on any atom is -0.382 e. The average Bonchev–Trinajstić information content (AvgIpc) is 2.99. The number of halogens is 8. The van der Waals surface area contributed by atoms with Crippen molar-refractivity contribution >= 4 is 45.6 Å². The van der Waals surface area contributed by atoms with Crippen LogP contribution in [0.4, 0.5) is 46.5 Å². The summed E-state index contributed by atoms with van der Waals surface area (Å²) in [7, 11) is -2.37. The Balaban J connectivity index is 0.000000471. The average molecular weight is 737 g/mol. The molecular weight excluding hydrogens is 705 g/mol. The molecule has 4 rings (SSSR count). The zero-order valence-corrected chi connectivity index (χ0v) is 25.9. The zero-order chi connectivity index (χ0) is 34.9. The van der Waals surface area contributed by atoms with E-state index in [9.17, 15) is 39.3 Å². The van der Waals surface area contributed by atoms with Crippen LogP contribution in [0.1, 0.15) is 37.4 Å². The highest BCUT2D eigenvalue weighted by Gasteiger charge is 2.32. The molecule has 0 amide bonds. The second-order valence-corrected chi connectivity index (χ2v) is 11.8. The molecule has 0 fully saturated rings. The van der Waals surface area contributed by atoms with Gasteiger partial charge in [0.1, 0.15) is 40.1 Å². The van der Waals surface area contributed by atoms with E-state index in [-0.39, 0.29) is 64.6 Å². The summed E-state index contributed by atoms with van der Waals surface area (Å²) in [6.45, 7) is 2.90. The molecule has 2 aromatic heterocycles. The van der Waals surface area contributed by atoms with Crippen molar-refractivity contribution in [3.63, 3.8) is 0 Å². The number of aryl methyl sites for hydroxylation is 2. The molecule has 9 nitrogen and oxygen atoms in total.